The van der Waals surface area contributed by atoms with Gasteiger partial charge in [0, 0.05) is 24.7 Å². The first-order chi connectivity index (χ1) is 18.7. The third-order valence-corrected chi connectivity index (χ3v) is 8.11. The van der Waals surface area contributed by atoms with E-state index in [1.54, 1.807) is 41.4 Å². The molecule has 1 aromatic carbocycles. The molecule has 4 rings (SSSR count). The fraction of sp³-hybridized carbons (Fsp3) is 0.548. The van der Waals surface area contributed by atoms with Crippen molar-refractivity contribution in [3.63, 3.8) is 0 Å². The lowest BCUT2D eigenvalue weighted by atomic mass is 9.86. The van der Waals surface area contributed by atoms with E-state index in [1.165, 1.54) is 0 Å². The molecule has 0 bridgehead atoms. The van der Waals surface area contributed by atoms with Crippen LogP contribution in [-0.4, -0.2) is 65.2 Å². The molecule has 1 fully saturated rings. The number of anilines is 3. The van der Waals surface area contributed by atoms with E-state index in [0.717, 1.165) is 64.7 Å². The number of amides is 3. The van der Waals surface area contributed by atoms with Gasteiger partial charge in [-0.25, -0.2) is 4.98 Å². The van der Waals surface area contributed by atoms with Gasteiger partial charge in [0.2, 0.25) is 11.8 Å². The number of hydrogen-bond acceptors (Lipinski definition) is 5. The Morgan fingerprint density at radius 2 is 1.85 bits per heavy atom. The molecule has 0 spiro atoms. The van der Waals surface area contributed by atoms with Gasteiger partial charge in [-0.2, -0.15) is 0 Å². The van der Waals surface area contributed by atoms with Crippen LogP contribution in [0.25, 0.3) is 0 Å². The van der Waals surface area contributed by atoms with Gasteiger partial charge in [0.25, 0.3) is 5.91 Å². The molecular formula is C31H43N5O3. The van der Waals surface area contributed by atoms with Crippen molar-refractivity contribution >= 4 is 34.9 Å². The van der Waals surface area contributed by atoms with Crippen molar-refractivity contribution in [3.05, 3.63) is 48.2 Å². The molecule has 8 heteroatoms. The second kappa shape index (κ2) is 12.7. The summed E-state index contributed by atoms with van der Waals surface area (Å²) in [6.45, 7) is 11.9. The van der Waals surface area contributed by atoms with Crippen LogP contribution in [0.3, 0.4) is 0 Å². The topological polar surface area (TPSA) is 85.9 Å². The van der Waals surface area contributed by atoms with Crippen LogP contribution in [0.5, 0.6) is 0 Å². The smallest absolute Gasteiger partial charge is 0.257 e. The number of benzene rings is 1. The summed E-state index contributed by atoms with van der Waals surface area (Å²) in [5.41, 5.74) is 1.25. The largest absolute Gasteiger partial charge is 0.343 e. The number of carbonyl (C=O) groups excluding carboxylic acids is 3. The second-order valence-corrected chi connectivity index (χ2v) is 11.5. The number of aromatic nitrogens is 1. The van der Waals surface area contributed by atoms with Gasteiger partial charge in [-0.1, -0.05) is 39.3 Å². The molecule has 2 aliphatic heterocycles. The molecular weight excluding hydrogens is 490 g/mol. The maximum atomic E-state index is 13.7. The standard InChI is InChI=1S/C31H43N5O3/c1-5-17-31(3,4)30(39)35(6-2)19-10-11-23-15-20-34(21-16-23)22-27(37)36-26-14-8-7-12-24(26)29(38)33-25-13-9-18-32-28(25)36/h7-9,12-14,18,23H,5-6,10-11,15-17,19-22H2,1-4H3,(H,33,38). The number of nitrogens with one attached hydrogen (secondary N) is 1. The van der Waals surface area contributed by atoms with Gasteiger partial charge in [0.15, 0.2) is 5.82 Å². The Morgan fingerprint density at radius 3 is 2.56 bits per heavy atom. The van der Waals surface area contributed by atoms with Crippen molar-refractivity contribution in [1.82, 2.24) is 14.8 Å². The van der Waals surface area contributed by atoms with Crippen molar-refractivity contribution in [3.8, 4) is 0 Å². The average molecular weight is 534 g/mol. The fourth-order valence-electron chi connectivity index (χ4n) is 5.92. The van der Waals surface area contributed by atoms with Crippen LogP contribution in [-0.2, 0) is 9.59 Å². The van der Waals surface area contributed by atoms with Gasteiger partial charge in [0.05, 0.1) is 23.5 Å². The maximum absolute atomic E-state index is 13.7. The summed E-state index contributed by atoms with van der Waals surface area (Å²) in [6.07, 6.45) is 7.77. The number of nitrogens with zero attached hydrogens (tertiary/aromatic N) is 4. The highest BCUT2D eigenvalue weighted by Crippen LogP contribution is 2.36. The Hall–Kier alpha value is -3.26. The molecule has 1 aromatic heterocycles. The lowest BCUT2D eigenvalue weighted by Crippen LogP contribution is -2.43. The first-order valence-electron chi connectivity index (χ1n) is 14.4. The number of likely N-dealkylation sites (tertiary alicyclic amines) is 1. The van der Waals surface area contributed by atoms with Crippen molar-refractivity contribution in [1.29, 1.82) is 0 Å². The molecule has 3 heterocycles. The Bertz CT molecular complexity index is 1170. The van der Waals surface area contributed by atoms with Crippen LogP contribution in [0.4, 0.5) is 17.2 Å². The number of pyridine rings is 1. The summed E-state index contributed by atoms with van der Waals surface area (Å²) in [7, 11) is 0. The van der Waals surface area contributed by atoms with Crippen LogP contribution in [0, 0.1) is 11.3 Å². The minimum atomic E-state index is -0.296. The summed E-state index contributed by atoms with van der Waals surface area (Å²) in [4.78, 5) is 49.8. The van der Waals surface area contributed by atoms with Crippen molar-refractivity contribution in [2.24, 2.45) is 11.3 Å². The lowest BCUT2D eigenvalue weighted by molar-refractivity contribution is -0.140. The molecule has 3 amide bonds. The lowest BCUT2D eigenvalue weighted by Gasteiger charge is -2.34. The predicted molar refractivity (Wildman–Crippen MR) is 155 cm³/mol. The second-order valence-electron chi connectivity index (χ2n) is 11.5. The molecule has 1 saturated heterocycles. The summed E-state index contributed by atoms with van der Waals surface area (Å²) >= 11 is 0. The highest BCUT2D eigenvalue weighted by Gasteiger charge is 2.32. The van der Waals surface area contributed by atoms with Crippen LogP contribution >= 0.6 is 0 Å². The molecule has 0 unspecified atom stereocenters. The summed E-state index contributed by atoms with van der Waals surface area (Å²) in [6, 6.07) is 10.7. The Morgan fingerprint density at radius 1 is 1.10 bits per heavy atom. The van der Waals surface area contributed by atoms with Crippen LogP contribution in [0.1, 0.15) is 76.6 Å². The summed E-state index contributed by atoms with van der Waals surface area (Å²) in [5, 5.41) is 2.89. The van der Waals surface area contributed by atoms with Crippen molar-refractivity contribution < 1.29 is 14.4 Å². The van der Waals surface area contributed by atoms with E-state index in [2.05, 4.69) is 42.9 Å². The zero-order valence-electron chi connectivity index (χ0n) is 23.9. The van der Waals surface area contributed by atoms with Crippen LogP contribution in [0.15, 0.2) is 42.6 Å². The Kier molecular flexibility index (Phi) is 9.38. The number of fused-ring (bicyclic) bond motifs is 2. The van der Waals surface area contributed by atoms with Gasteiger partial charge < -0.3 is 10.2 Å². The zero-order chi connectivity index (χ0) is 28.0. The number of para-hydroxylation sites is 1. The maximum Gasteiger partial charge on any atom is 0.257 e. The third-order valence-electron chi connectivity index (χ3n) is 8.11. The number of carbonyl (C=O) groups is 3. The molecule has 2 aliphatic rings. The third kappa shape index (κ3) is 6.67. The van der Waals surface area contributed by atoms with E-state index in [9.17, 15) is 14.4 Å². The van der Waals surface area contributed by atoms with Gasteiger partial charge in [-0.15, -0.1) is 0 Å². The van der Waals surface area contributed by atoms with Gasteiger partial charge in [0.1, 0.15) is 0 Å². The highest BCUT2D eigenvalue weighted by molar-refractivity contribution is 6.17. The summed E-state index contributed by atoms with van der Waals surface area (Å²) < 4.78 is 0. The van der Waals surface area contributed by atoms with E-state index >= 15 is 0 Å². The highest BCUT2D eigenvalue weighted by atomic mass is 16.2. The zero-order valence-corrected chi connectivity index (χ0v) is 23.9. The molecule has 0 saturated carbocycles. The molecule has 0 radical (unpaired) electrons. The molecule has 0 aliphatic carbocycles. The Labute approximate surface area is 232 Å². The van der Waals surface area contributed by atoms with Gasteiger partial charge in [-0.05, 0) is 82.3 Å². The van der Waals surface area contributed by atoms with E-state index in [0.29, 0.717) is 28.7 Å². The molecule has 1 N–H and O–H groups in total. The monoisotopic (exact) mass is 533 g/mol. The fourth-order valence-corrected chi connectivity index (χ4v) is 5.92. The molecule has 8 nitrogen and oxygen atoms in total. The van der Waals surface area contributed by atoms with Crippen LogP contribution in [0.2, 0.25) is 0 Å². The predicted octanol–water partition coefficient (Wildman–Crippen LogP) is 5.48. The first-order valence-corrected chi connectivity index (χ1v) is 14.4. The molecule has 0 atom stereocenters. The minimum absolute atomic E-state index is 0.0934. The molecule has 2 aromatic rings. The average Bonchev–Trinajstić information content (AvgIpc) is 3.05. The van der Waals surface area contributed by atoms with Gasteiger partial charge in [-0.3, -0.25) is 24.2 Å². The summed E-state index contributed by atoms with van der Waals surface area (Å²) in [5.74, 6) is 0.991. The molecule has 210 valence electrons. The quantitative estimate of drug-likeness (QED) is 0.437. The minimum Gasteiger partial charge on any atom is -0.343 e. The number of hydrogen-bond donors (Lipinski definition) is 1. The SMILES string of the molecule is CCCC(C)(C)C(=O)N(CC)CCCC1CCN(CC(=O)N2c3ccccc3C(=O)Nc3cccnc32)CC1. The van der Waals surface area contributed by atoms with Crippen LogP contribution < -0.4 is 10.2 Å². The normalized spacial score (nSPS) is 16.2. The number of rotatable bonds is 10. The number of piperidine rings is 1. The van der Waals surface area contributed by atoms with E-state index in [-0.39, 0.29) is 29.7 Å². The van der Waals surface area contributed by atoms with E-state index in [1.807, 2.05) is 11.0 Å². The van der Waals surface area contributed by atoms with Gasteiger partial charge >= 0.3 is 0 Å². The van der Waals surface area contributed by atoms with Crippen molar-refractivity contribution in [2.75, 3.05) is 42.9 Å². The van der Waals surface area contributed by atoms with E-state index < -0.39 is 0 Å². The first kappa shape index (κ1) is 28.7. The van der Waals surface area contributed by atoms with E-state index in [4.69, 9.17) is 0 Å². The Balaban J connectivity index is 1.32. The van der Waals surface area contributed by atoms with Crippen molar-refractivity contribution in [2.45, 2.75) is 66.2 Å². The molecule has 39 heavy (non-hydrogen) atoms.